The van der Waals surface area contributed by atoms with E-state index in [0.29, 0.717) is 35.6 Å². The molecule has 2 heterocycles. The highest BCUT2D eigenvalue weighted by molar-refractivity contribution is 6.00. The average Bonchev–Trinajstić information content (AvgIpc) is 3.28. The Hall–Kier alpha value is -3.15. The summed E-state index contributed by atoms with van der Waals surface area (Å²) in [4.78, 5) is 28.3. The van der Waals surface area contributed by atoms with Gasteiger partial charge >= 0.3 is 0 Å². The zero-order valence-corrected chi connectivity index (χ0v) is 13.5. The number of aromatic amines is 1. The van der Waals surface area contributed by atoms with Gasteiger partial charge in [0, 0.05) is 30.5 Å². The predicted molar refractivity (Wildman–Crippen MR) is 94.7 cm³/mol. The standard InChI is InChI=1S/C19H17N3O3/c23-19(21-10-9-15(12-21)13-5-2-1-3-6-13)16-11-14-7-4-8-17(22(24)25)18(14)20-16/h1-8,11,15,20H,9-10,12H2/t15-/m0/s1. The third-order valence-electron chi connectivity index (χ3n) is 4.81. The molecule has 0 bridgehead atoms. The molecule has 1 saturated heterocycles. The van der Waals surface area contributed by atoms with E-state index in [4.69, 9.17) is 0 Å². The Morgan fingerprint density at radius 2 is 1.96 bits per heavy atom. The topological polar surface area (TPSA) is 79.2 Å². The number of H-pyrrole nitrogens is 1. The number of nitrogens with one attached hydrogen (secondary N) is 1. The predicted octanol–water partition coefficient (Wildman–Crippen LogP) is 3.71. The van der Waals surface area contributed by atoms with E-state index in [-0.39, 0.29) is 11.6 Å². The van der Waals surface area contributed by atoms with Crippen LogP contribution in [0.4, 0.5) is 5.69 Å². The van der Waals surface area contributed by atoms with E-state index < -0.39 is 4.92 Å². The van der Waals surface area contributed by atoms with Gasteiger partial charge in [-0.2, -0.15) is 0 Å². The van der Waals surface area contributed by atoms with Crippen molar-refractivity contribution in [3.63, 3.8) is 0 Å². The van der Waals surface area contributed by atoms with Gasteiger partial charge in [0.25, 0.3) is 11.6 Å². The maximum absolute atomic E-state index is 12.8. The summed E-state index contributed by atoms with van der Waals surface area (Å²) in [6.45, 7) is 1.36. The highest BCUT2D eigenvalue weighted by atomic mass is 16.6. The zero-order valence-electron chi connectivity index (χ0n) is 13.5. The van der Waals surface area contributed by atoms with Crippen LogP contribution in [0.1, 0.15) is 28.4 Å². The molecule has 0 saturated carbocycles. The summed E-state index contributed by atoms with van der Waals surface area (Å²) in [6.07, 6.45) is 0.927. The lowest BCUT2D eigenvalue weighted by atomic mass is 9.99. The minimum atomic E-state index is -0.436. The lowest BCUT2D eigenvalue weighted by Crippen LogP contribution is -2.28. The van der Waals surface area contributed by atoms with Crippen molar-refractivity contribution in [2.45, 2.75) is 12.3 Å². The number of benzene rings is 2. The van der Waals surface area contributed by atoms with Crippen LogP contribution in [0.15, 0.2) is 54.6 Å². The van der Waals surface area contributed by atoms with E-state index in [1.54, 1.807) is 18.2 Å². The van der Waals surface area contributed by atoms with E-state index in [0.717, 1.165) is 6.42 Å². The first-order valence-corrected chi connectivity index (χ1v) is 8.24. The molecule has 0 radical (unpaired) electrons. The van der Waals surface area contributed by atoms with Crippen LogP contribution in [0.25, 0.3) is 10.9 Å². The summed E-state index contributed by atoms with van der Waals surface area (Å²) in [6, 6.07) is 16.7. The molecule has 4 rings (SSSR count). The van der Waals surface area contributed by atoms with Crippen LogP contribution in [0.3, 0.4) is 0 Å². The number of rotatable bonds is 3. The first kappa shape index (κ1) is 15.4. The SMILES string of the molecule is O=C(c1cc2cccc([N+](=O)[O-])c2[nH]1)N1CC[C@H](c2ccccc2)C1. The van der Waals surface area contributed by atoms with Gasteiger partial charge in [-0.1, -0.05) is 42.5 Å². The normalized spacial score (nSPS) is 17.1. The first-order chi connectivity index (χ1) is 12.1. The molecule has 126 valence electrons. The van der Waals surface area contributed by atoms with Crippen molar-refractivity contribution in [2.75, 3.05) is 13.1 Å². The number of para-hydroxylation sites is 1. The fourth-order valence-corrected chi connectivity index (χ4v) is 3.52. The third kappa shape index (κ3) is 2.76. The quantitative estimate of drug-likeness (QED) is 0.585. The first-order valence-electron chi connectivity index (χ1n) is 8.24. The van der Waals surface area contributed by atoms with Crippen molar-refractivity contribution in [3.05, 3.63) is 76.0 Å². The number of amides is 1. The number of carbonyl (C=O) groups is 1. The summed E-state index contributed by atoms with van der Waals surface area (Å²) in [5.41, 5.74) is 2.03. The minimum absolute atomic E-state index is 0.0138. The molecular formula is C19H17N3O3. The molecular weight excluding hydrogens is 318 g/mol. The second-order valence-corrected chi connectivity index (χ2v) is 6.33. The highest BCUT2D eigenvalue weighted by Gasteiger charge is 2.29. The molecule has 2 aromatic carbocycles. The Bertz CT molecular complexity index is 949. The van der Waals surface area contributed by atoms with Crippen molar-refractivity contribution in [3.8, 4) is 0 Å². The number of nitrogens with zero attached hydrogens (tertiary/aromatic N) is 2. The monoisotopic (exact) mass is 335 g/mol. The highest BCUT2D eigenvalue weighted by Crippen LogP contribution is 2.30. The Morgan fingerprint density at radius 3 is 2.72 bits per heavy atom. The molecule has 6 heteroatoms. The summed E-state index contributed by atoms with van der Waals surface area (Å²) in [7, 11) is 0. The molecule has 1 aliphatic heterocycles. The number of non-ortho nitro benzene ring substituents is 1. The van der Waals surface area contributed by atoms with Crippen LogP contribution in [0, 0.1) is 10.1 Å². The van der Waals surface area contributed by atoms with E-state index in [1.807, 2.05) is 23.1 Å². The summed E-state index contributed by atoms with van der Waals surface area (Å²) in [5, 5.41) is 11.8. The lowest BCUT2D eigenvalue weighted by molar-refractivity contribution is -0.383. The van der Waals surface area contributed by atoms with Crippen LogP contribution in [-0.4, -0.2) is 33.8 Å². The van der Waals surface area contributed by atoms with Gasteiger partial charge in [0.15, 0.2) is 0 Å². The number of hydrogen-bond acceptors (Lipinski definition) is 3. The van der Waals surface area contributed by atoms with E-state index in [1.165, 1.54) is 11.6 Å². The van der Waals surface area contributed by atoms with E-state index >= 15 is 0 Å². The molecule has 1 atom stereocenters. The zero-order chi connectivity index (χ0) is 17.4. The summed E-state index contributed by atoms with van der Waals surface area (Å²) in [5.74, 6) is 0.229. The Kier molecular flexibility index (Phi) is 3.72. The van der Waals surface area contributed by atoms with Crippen LogP contribution in [-0.2, 0) is 0 Å². The van der Waals surface area contributed by atoms with Gasteiger partial charge < -0.3 is 9.88 Å². The maximum atomic E-state index is 12.8. The van der Waals surface area contributed by atoms with E-state index in [9.17, 15) is 14.9 Å². The van der Waals surface area contributed by atoms with Crippen molar-refractivity contribution < 1.29 is 9.72 Å². The Labute approximate surface area is 144 Å². The molecule has 3 aromatic rings. The fraction of sp³-hybridized carbons (Fsp3) is 0.211. The second-order valence-electron chi connectivity index (χ2n) is 6.33. The number of carbonyl (C=O) groups excluding carboxylic acids is 1. The number of fused-ring (bicyclic) bond motifs is 1. The van der Waals surface area contributed by atoms with Crippen molar-refractivity contribution in [1.29, 1.82) is 0 Å². The van der Waals surface area contributed by atoms with Gasteiger partial charge in [-0.3, -0.25) is 14.9 Å². The number of nitro groups is 1. The van der Waals surface area contributed by atoms with Gasteiger partial charge in [-0.15, -0.1) is 0 Å². The number of hydrogen-bond donors (Lipinski definition) is 1. The molecule has 1 fully saturated rings. The Balaban J connectivity index is 1.59. The minimum Gasteiger partial charge on any atom is -0.345 e. The van der Waals surface area contributed by atoms with Gasteiger partial charge in [0.2, 0.25) is 0 Å². The molecule has 1 aliphatic rings. The van der Waals surface area contributed by atoms with Gasteiger partial charge in [-0.25, -0.2) is 0 Å². The largest absolute Gasteiger partial charge is 0.345 e. The summed E-state index contributed by atoms with van der Waals surface area (Å²) < 4.78 is 0. The maximum Gasteiger partial charge on any atom is 0.293 e. The lowest BCUT2D eigenvalue weighted by Gasteiger charge is -2.15. The smallest absolute Gasteiger partial charge is 0.293 e. The van der Waals surface area contributed by atoms with Gasteiger partial charge in [-0.05, 0) is 18.1 Å². The average molecular weight is 335 g/mol. The summed E-state index contributed by atoms with van der Waals surface area (Å²) >= 11 is 0. The Morgan fingerprint density at radius 1 is 1.16 bits per heavy atom. The molecule has 0 spiro atoms. The number of aromatic nitrogens is 1. The molecule has 1 aromatic heterocycles. The fourth-order valence-electron chi connectivity index (χ4n) is 3.52. The molecule has 0 unspecified atom stereocenters. The van der Waals surface area contributed by atoms with Crippen molar-refractivity contribution >= 4 is 22.5 Å². The second kappa shape index (κ2) is 6.05. The van der Waals surface area contributed by atoms with Crippen molar-refractivity contribution in [2.24, 2.45) is 0 Å². The third-order valence-corrected chi connectivity index (χ3v) is 4.81. The molecule has 1 N–H and O–H groups in total. The molecule has 6 nitrogen and oxygen atoms in total. The van der Waals surface area contributed by atoms with Crippen molar-refractivity contribution in [1.82, 2.24) is 9.88 Å². The van der Waals surface area contributed by atoms with Crippen LogP contribution < -0.4 is 0 Å². The molecule has 0 aliphatic carbocycles. The van der Waals surface area contributed by atoms with Gasteiger partial charge in [0.1, 0.15) is 11.2 Å². The molecule has 25 heavy (non-hydrogen) atoms. The number of likely N-dealkylation sites (tertiary alicyclic amines) is 1. The van der Waals surface area contributed by atoms with Crippen LogP contribution >= 0.6 is 0 Å². The molecule has 1 amide bonds. The van der Waals surface area contributed by atoms with E-state index in [2.05, 4.69) is 17.1 Å². The van der Waals surface area contributed by atoms with Crippen LogP contribution in [0.2, 0.25) is 0 Å². The number of nitro benzene ring substituents is 1. The van der Waals surface area contributed by atoms with Gasteiger partial charge in [0.05, 0.1) is 4.92 Å². The van der Waals surface area contributed by atoms with Crippen LogP contribution in [0.5, 0.6) is 0 Å².